The molecule has 0 fully saturated rings. The Hall–Kier alpha value is -1.86. The van der Waals surface area contributed by atoms with E-state index in [9.17, 15) is 5.11 Å². The van der Waals surface area contributed by atoms with Crippen molar-refractivity contribution in [3.05, 3.63) is 27.7 Å². The first kappa shape index (κ1) is 14.7. The topological polar surface area (TPSA) is 93.1 Å². The maximum atomic E-state index is 9.67. The van der Waals surface area contributed by atoms with Crippen molar-refractivity contribution in [3.8, 4) is 0 Å². The number of fused-ring (bicyclic) bond motifs is 2. The van der Waals surface area contributed by atoms with E-state index in [-0.39, 0.29) is 18.5 Å². The first-order valence-electron chi connectivity index (χ1n) is 7.80. The number of aromatic nitrogens is 4. The van der Waals surface area contributed by atoms with E-state index in [1.165, 1.54) is 23.4 Å². The average Bonchev–Trinajstić information content (AvgIpc) is 3.15. The van der Waals surface area contributed by atoms with Crippen LogP contribution in [0.2, 0.25) is 5.15 Å². The molecule has 3 heterocycles. The van der Waals surface area contributed by atoms with E-state index >= 15 is 0 Å². The van der Waals surface area contributed by atoms with E-state index < -0.39 is 0 Å². The molecule has 2 aromatic heterocycles. The van der Waals surface area contributed by atoms with Gasteiger partial charge in [-0.15, -0.1) is 0 Å². The van der Waals surface area contributed by atoms with Crippen LogP contribution in [0.25, 0.3) is 0 Å². The van der Waals surface area contributed by atoms with Gasteiger partial charge in [-0.1, -0.05) is 11.6 Å². The zero-order valence-corrected chi connectivity index (χ0v) is 13.7. The average molecular weight is 335 g/mol. The van der Waals surface area contributed by atoms with Gasteiger partial charge < -0.3 is 15.7 Å². The van der Waals surface area contributed by atoms with Gasteiger partial charge in [0.05, 0.1) is 24.5 Å². The number of rotatable bonds is 3. The van der Waals surface area contributed by atoms with Crippen molar-refractivity contribution in [2.24, 2.45) is 7.05 Å². The van der Waals surface area contributed by atoms with Gasteiger partial charge in [0.25, 0.3) is 0 Å². The fourth-order valence-electron chi connectivity index (χ4n) is 3.74. The summed E-state index contributed by atoms with van der Waals surface area (Å²) in [5, 5.41) is 14.6. The highest BCUT2D eigenvalue weighted by molar-refractivity contribution is 6.30. The molecule has 4 rings (SSSR count). The van der Waals surface area contributed by atoms with Gasteiger partial charge in [0.15, 0.2) is 0 Å². The summed E-state index contributed by atoms with van der Waals surface area (Å²) in [4.78, 5) is 10.5. The molecular weight excluding hydrogens is 316 g/mol. The number of anilines is 2. The van der Waals surface area contributed by atoms with Gasteiger partial charge >= 0.3 is 0 Å². The van der Waals surface area contributed by atoms with Crippen LogP contribution in [0.3, 0.4) is 0 Å². The largest absolute Gasteiger partial charge is 0.396 e. The number of aryl methyl sites for hydroxylation is 2. The summed E-state index contributed by atoms with van der Waals surface area (Å²) in [5.74, 6) is 0.807. The molecule has 2 aliphatic rings. The standard InChI is InChI=1S/C15H19ClN6O/c1-21-11(9-3-2-4-10(9)20-21)6-22-5-8(7-23)12-13(16)18-15(17)19-14(12)22/h8,23H,2-7H2,1H3,(H2,17,18,19). The van der Waals surface area contributed by atoms with E-state index in [1.54, 1.807) is 0 Å². The maximum absolute atomic E-state index is 9.67. The number of aliphatic hydroxyl groups is 1. The summed E-state index contributed by atoms with van der Waals surface area (Å²) < 4.78 is 1.96. The second-order valence-electron chi connectivity index (χ2n) is 6.22. The number of nitrogens with two attached hydrogens (primary N) is 1. The predicted octanol–water partition coefficient (Wildman–Crippen LogP) is 1.03. The number of nitrogen functional groups attached to an aromatic ring is 1. The Bertz CT molecular complexity index is 774. The highest BCUT2D eigenvalue weighted by atomic mass is 35.5. The molecule has 2 aromatic rings. The lowest BCUT2D eigenvalue weighted by Crippen LogP contribution is -2.25. The predicted molar refractivity (Wildman–Crippen MR) is 87.6 cm³/mol. The van der Waals surface area contributed by atoms with Crippen molar-refractivity contribution in [3.63, 3.8) is 0 Å². The van der Waals surface area contributed by atoms with E-state index in [1.807, 2.05) is 11.7 Å². The first-order chi connectivity index (χ1) is 11.1. The quantitative estimate of drug-likeness (QED) is 0.814. The molecule has 1 aliphatic carbocycles. The van der Waals surface area contributed by atoms with Crippen LogP contribution in [0.15, 0.2) is 0 Å². The van der Waals surface area contributed by atoms with Crippen LogP contribution in [-0.2, 0) is 26.4 Å². The van der Waals surface area contributed by atoms with Crippen LogP contribution in [0.1, 0.15) is 34.9 Å². The zero-order chi connectivity index (χ0) is 16.1. The molecule has 8 heteroatoms. The Balaban J connectivity index is 1.72. The van der Waals surface area contributed by atoms with Crippen molar-refractivity contribution in [2.75, 3.05) is 23.8 Å². The van der Waals surface area contributed by atoms with E-state index in [0.29, 0.717) is 18.2 Å². The molecule has 0 spiro atoms. The summed E-state index contributed by atoms with van der Waals surface area (Å²) in [6, 6.07) is 0. The van der Waals surface area contributed by atoms with E-state index in [4.69, 9.17) is 17.3 Å². The third kappa shape index (κ3) is 2.26. The molecule has 0 saturated heterocycles. The lowest BCUT2D eigenvalue weighted by molar-refractivity contribution is 0.270. The number of halogens is 1. The SMILES string of the molecule is Cn1nc2c(c1CN1CC(CO)c3c(Cl)nc(N)nc31)CCC2. The van der Waals surface area contributed by atoms with Crippen molar-refractivity contribution >= 4 is 23.4 Å². The van der Waals surface area contributed by atoms with Gasteiger partial charge in [0.2, 0.25) is 5.95 Å². The van der Waals surface area contributed by atoms with Gasteiger partial charge in [-0.2, -0.15) is 10.1 Å². The van der Waals surface area contributed by atoms with E-state index in [2.05, 4.69) is 20.0 Å². The summed E-state index contributed by atoms with van der Waals surface area (Å²) in [6.07, 6.45) is 3.30. The zero-order valence-electron chi connectivity index (χ0n) is 13.0. The second-order valence-corrected chi connectivity index (χ2v) is 6.58. The number of hydrogen-bond donors (Lipinski definition) is 2. The molecule has 1 unspecified atom stereocenters. The molecule has 7 nitrogen and oxygen atoms in total. The lowest BCUT2D eigenvalue weighted by Gasteiger charge is -2.19. The lowest BCUT2D eigenvalue weighted by atomic mass is 10.1. The van der Waals surface area contributed by atoms with Gasteiger partial charge in [-0.25, -0.2) is 4.98 Å². The normalized spacial score (nSPS) is 19.3. The molecule has 0 amide bonds. The molecule has 0 bridgehead atoms. The third-order valence-electron chi connectivity index (χ3n) is 4.80. The van der Waals surface area contributed by atoms with E-state index in [0.717, 1.165) is 24.2 Å². The maximum Gasteiger partial charge on any atom is 0.223 e. The molecule has 3 N–H and O–H groups in total. The van der Waals surface area contributed by atoms with Crippen LogP contribution in [0.4, 0.5) is 11.8 Å². The fourth-order valence-corrected chi connectivity index (χ4v) is 4.06. The molecular formula is C15H19ClN6O. The van der Waals surface area contributed by atoms with Crippen molar-refractivity contribution in [1.82, 2.24) is 19.7 Å². The Kier molecular flexibility index (Phi) is 3.42. The van der Waals surface area contributed by atoms with Crippen molar-refractivity contribution < 1.29 is 5.11 Å². The third-order valence-corrected chi connectivity index (χ3v) is 5.09. The second kappa shape index (κ2) is 5.35. The number of aliphatic hydroxyl groups excluding tert-OH is 1. The summed E-state index contributed by atoms with van der Waals surface area (Å²) >= 11 is 6.23. The van der Waals surface area contributed by atoms with Gasteiger partial charge in [-0.05, 0) is 24.8 Å². The van der Waals surface area contributed by atoms with Crippen LogP contribution >= 0.6 is 11.6 Å². The summed E-state index contributed by atoms with van der Waals surface area (Å²) in [5.41, 5.74) is 10.3. The van der Waals surface area contributed by atoms with Crippen molar-refractivity contribution in [1.29, 1.82) is 0 Å². The highest BCUT2D eigenvalue weighted by Gasteiger charge is 2.34. The first-order valence-corrected chi connectivity index (χ1v) is 8.18. The van der Waals surface area contributed by atoms with Crippen LogP contribution in [0.5, 0.6) is 0 Å². The molecule has 0 saturated carbocycles. The molecule has 0 radical (unpaired) electrons. The molecule has 1 aliphatic heterocycles. The Morgan fingerprint density at radius 2 is 2.17 bits per heavy atom. The molecule has 1 atom stereocenters. The fraction of sp³-hybridized carbons (Fsp3) is 0.533. The smallest absolute Gasteiger partial charge is 0.223 e. The van der Waals surface area contributed by atoms with Crippen LogP contribution < -0.4 is 10.6 Å². The molecule has 0 aromatic carbocycles. The van der Waals surface area contributed by atoms with Gasteiger partial charge in [-0.3, -0.25) is 4.68 Å². The monoisotopic (exact) mass is 334 g/mol. The van der Waals surface area contributed by atoms with Crippen LogP contribution in [0, 0.1) is 0 Å². The molecule has 23 heavy (non-hydrogen) atoms. The minimum absolute atomic E-state index is 0.0139. The minimum atomic E-state index is -0.0839. The summed E-state index contributed by atoms with van der Waals surface area (Å²) in [6.45, 7) is 1.36. The highest BCUT2D eigenvalue weighted by Crippen LogP contribution is 2.40. The Morgan fingerprint density at radius 1 is 1.35 bits per heavy atom. The summed E-state index contributed by atoms with van der Waals surface area (Å²) in [7, 11) is 1.98. The van der Waals surface area contributed by atoms with Crippen LogP contribution in [-0.4, -0.2) is 38.0 Å². The Labute approximate surface area is 139 Å². The number of hydrogen-bond acceptors (Lipinski definition) is 6. The Morgan fingerprint density at radius 3 is 2.96 bits per heavy atom. The molecule has 122 valence electrons. The van der Waals surface area contributed by atoms with Gasteiger partial charge in [0.1, 0.15) is 11.0 Å². The van der Waals surface area contributed by atoms with Gasteiger partial charge in [0, 0.05) is 25.1 Å². The minimum Gasteiger partial charge on any atom is -0.396 e. The van der Waals surface area contributed by atoms with Crippen molar-refractivity contribution in [2.45, 2.75) is 31.7 Å². The number of nitrogens with zero attached hydrogens (tertiary/aromatic N) is 5.